The van der Waals surface area contributed by atoms with Gasteiger partial charge < -0.3 is 16.2 Å². The minimum atomic E-state index is 0.225. The van der Waals surface area contributed by atoms with Crippen LogP contribution in [0.25, 0.3) is 0 Å². The standard InChI is InChI=1S/C6H16N2O.C2H6/c7-3-1-2-4-8-5-6-9;1-2/h8-9H,1-7H2;1-2H3. The summed E-state index contributed by atoms with van der Waals surface area (Å²) in [7, 11) is 0. The number of aliphatic hydroxyl groups excluding tert-OH is 1. The summed E-state index contributed by atoms with van der Waals surface area (Å²) in [5, 5.41) is 11.4. The molecule has 0 aliphatic rings. The number of hydrogen-bond acceptors (Lipinski definition) is 3. The first-order valence-electron chi connectivity index (χ1n) is 4.43. The molecule has 0 amide bonds. The van der Waals surface area contributed by atoms with Crippen molar-refractivity contribution in [1.29, 1.82) is 0 Å². The van der Waals surface area contributed by atoms with Crippen LogP contribution in [0, 0.1) is 0 Å². The average Bonchev–Trinajstić information content (AvgIpc) is 2.08. The molecule has 0 radical (unpaired) electrons. The Kier molecular flexibility index (Phi) is 20.2. The van der Waals surface area contributed by atoms with Gasteiger partial charge >= 0.3 is 0 Å². The molecule has 3 heteroatoms. The highest BCUT2D eigenvalue weighted by Crippen LogP contribution is 1.80. The number of unbranched alkanes of at least 4 members (excludes halogenated alkanes) is 1. The van der Waals surface area contributed by atoms with Crippen LogP contribution in [0.15, 0.2) is 0 Å². The van der Waals surface area contributed by atoms with Gasteiger partial charge in [-0.15, -0.1) is 0 Å². The van der Waals surface area contributed by atoms with Gasteiger partial charge in [0.1, 0.15) is 0 Å². The first kappa shape index (κ1) is 13.5. The monoisotopic (exact) mass is 162 g/mol. The molecule has 0 spiro atoms. The van der Waals surface area contributed by atoms with Crippen LogP contribution >= 0.6 is 0 Å². The maximum Gasteiger partial charge on any atom is 0.0555 e. The molecule has 70 valence electrons. The zero-order valence-corrected chi connectivity index (χ0v) is 7.77. The molecule has 0 atom stereocenters. The Morgan fingerprint density at radius 3 is 2.27 bits per heavy atom. The summed E-state index contributed by atoms with van der Waals surface area (Å²) >= 11 is 0. The van der Waals surface area contributed by atoms with Gasteiger partial charge in [0.25, 0.3) is 0 Å². The molecular weight excluding hydrogens is 140 g/mol. The highest BCUT2D eigenvalue weighted by molar-refractivity contribution is 4.46. The van der Waals surface area contributed by atoms with E-state index in [2.05, 4.69) is 5.32 Å². The Hall–Kier alpha value is -0.120. The van der Waals surface area contributed by atoms with Crippen LogP contribution < -0.4 is 11.1 Å². The number of rotatable bonds is 6. The van der Waals surface area contributed by atoms with Crippen LogP contribution in [0.5, 0.6) is 0 Å². The molecule has 0 unspecified atom stereocenters. The maximum atomic E-state index is 8.34. The van der Waals surface area contributed by atoms with Gasteiger partial charge in [-0.3, -0.25) is 0 Å². The van der Waals surface area contributed by atoms with E-state index >= 15 is 0 Å². The lowest BCUT2D eigenvalue weighted by Gasteiger charge is -1.99. The molecule has 0 fully saturated rings. The molecule has 0 aliphatic heterocycles. The van der Waals surface area contributed by atoms with E-state index in [1.165, 1.54) is 0 Å². The second kappa shape index (κ2) is 16.5. The van der Waals surface area contributed by atoms with Gasteiger partial charge in [0.2, 0.25) is 0 Å². The fourth-order valence-electron chi connectivity index (χ4n) is 0.598. The van der Waals surface area contributed by atoms with E-state index in [-0.39, 0.29) is 6.61 Å². The Balaban J connectivity index is 0. The summed E-state index contributed by atoms with van der Waals surface area (Å²) in [5.41, 5.74) is 5.27. The number of aliphatic hydroxyl groups is 1. The second-order valence-electron chi connectivity index (χ2n) is 1.97. The van der Waals surface area contributed by atoms with Crippen molar-refractivity contribution in [3.05, 3.63) is 0 Å². The molecule has 3 nitrogen and oxygen atoms in total. The lowest BCUT2D eigenvalue weighted by molar-refractivity contribution is 0.292. The van der Waals surface area contributed by atoms with Gasteiger partial charge in [-0.1, -0.05) is 13.8 Å². The molecule has 11 heavy (non-hydrogen) atoms. The van der Waals surface area contributed by atoms with Crippen LogP contribution in [0.3, 0.4) is 0 Å². The van der Waals surface area contributed by atoms with Crippen molar-refractivity contribution in [3.8, 4) is 0 Å². The predicted octanol–water partition coefficient (Wildman–Crippen LogP) is 0.333. The largest absolute Gasteiger partial charge is 0.395 e. The maximum absolute atomic E-state index is 8.34. The van der Waals surface area contributed by atoms with Gasteiger partial charge in [-0.05, 0) is 25.9 Å². The zero-order valence-electron chi connectivity index (χ0n) is 7.77. The van der Waals surface area contributed by atoms with Crippen molar-refractivity contribution < 1.29 is 5.11 Å². The fraction of sp³-hybridized carbons (Fsp3) is 1.00. The summed E-state index contributed by atoms with van der Waals surface area (Å²) in [4.78, 5) is 0. The summed E-state index contributed by atoms with van der Waals surface area (Å²) in [6, 6.07) is 0. The molecule has 0 aromatic carbocycles. The number of nitrogens with one attached hydrogen (secondary N) is 1. The lowest BCUT2D eigenvalue weighted by Crippen LogP contribution is -2.19. The first-order chi connectivity index (χ1) is 5.41. The Morgan fingerprint density at radius 2 is 1.82 bits per heavy atom. The molecule has 0 aliphatic carbocycles. The fourth-order valence-corrected chi connectivity index (χ4v) is 0.598. The van der Waals surface area contributed by atoms with Crippen molar-refractivity contribution in [2.24, 2.45) is 5.73 Å². The molecule has 0 rings (SSSR count). The molecule has 0 saturated carbocycles. The highest BCUT2D eigenvalue weighted by atomic mass is 16.3. The normalized spacial score (nSPS) is 8.73. The van der Waals surface area contributed by atoms with Gasteiger partial charge in [0.05, 0.1) is 6.61 Å². The number of nitrogens with two attached hydrogens (primary N) is 1. The van der Waals surface area contributed by atoms with Crippen molar-refractivity contribution in [2.75, 3.05) is 26.2 Å². The van der Waals surface area contributed by atoms with Crippen molar-refractivity contribution >= 4 is 0 Å². The SMILES string of the molecule is CC.NCCCCNCCO. The Morgan fingerprint density at radius 1 is 1.18 bits per heavy atom. The third kappa shape index (κ3) is 17.7. The molecule has 4 N–H and O–H groups in total. The zero-order chi connectivity index (χ0) is 8.95. The van der Waals surface area contributed by atoms with Crippen LogP contribution in [-0.4, -0.2) is 31.3 Å². The van der Waals surface area contributed by atoms with Gasteiger partial charge in [0.15, 0.2) is 0 Å². The van der Waals surface area contributed by atoms with E-state index in [1.54, 1.807) is 0 Å². The summed E-state index contributed by atoms with van der Waals surface area (Å²) < 4.78 is 0. The first-order valence-corrected chi connectivity index (χ1v) is 4.43. The van der Waals surface area contributed by atoms with E-state index in [1.807, 2.05) is 13.8 Å². The van der Waals surface area contributed by atoms with Crippen molar-refractivity contribution in [3.63, 3.8) is 0 Å². The molecule has 0 aromatic rings. The van der Waals surface area contributed by atoms with E-state index in [0.29, 0.717) is 6.54 Å². The molecule has 0 bridgehead atoms. The van der Waals surface area contributed by atoms with Crippen LogP contribution in [0.2, 0.25) is 0 Å². The Bertz CT molecular complexity index is 45.4. The minimum absolute atomic E-state index is 0.225. The molecular formula is C8H22N2O. The smallest absolute Gasteiger partial charge is 0.0555 e. The third-order valence-electron chi connectivity index (χ3n) is 1.10. The van der Waals surface area contributed by atoms with Gasteiger partial charge in [0, 0.05) is 6.54 Å². The molecule has 0 heterocycles. The average molecular weight is 162 g/mol. The lowest BCUT2D eigenvalue weighted by atomic mass is 10.3. The van der Waals surface area contributed by atoms with Crippen LogP contribution in [0.1, 0.15) is 26.7 Å². The van der Waals surface area contributed by atoms with Gasteiger partial charge in [-0.25, -0.2) is 0 Å². The molecule has 0 saturated heterocycles. The number of hydrogen-bond donors (Lipinski definition) is 3. The minimum Gasteiger partial charge on any atom is -0.395 e. The van der Waals surface area contributed by atoms with Crippen molar-refractivity contribution in [1.82, 2.24) is 5.32 Å². The topological polar surface area (TPSA) is 58.3 Å². The van der Waals surface area contributed by atoms with E-state index in [0.717, 1.165) is 25.9 Å². The Labute approximate surface area is 70.0 Å². The van der Waals surface area contributed by atoms with Crippen molar-refractivity contribution in [2.45, 2.75) is 26.7 Å². The third-order valence-corrected chi connectivity index (χ3v) is 1.10. The second-order valence-corrected chi connectivity index (χ2v) is 1.97. The van der Waals surface area contributed by atoms with Gasteiger partial charge in [-0.2, -0.15) is 0 Å². The summed E-state index contributed by atoms with van der Waals surface area (Å²) in [6.07, 6.45) is 2.18. The summed E-state index contributed by atoms with van der Waals surface area (Å²) in [6.45, 7) is 6.66. The molecule has 0 aromatic heterocycles. The summed E-state index contributed by atoms with van der Waals surface area (Å²) in [5.74, 6) is 0. The predicted molar refractivity (Wildman–Crippen MR) is 49.6 cm³/mol. The van der Waals surface area contributed by atoms with E-state index < -0.39 is 0 Å². The highest BCUT2D eigenvalue weighted by Gasteiger charge is 1.84. The van der Waals surface area contributed by atoms with E-state index in [9.17, 15) is 0 Å². The van der Waals surface area contributed by atoms with Crippen LogP contribution in [-0.2, 0) is 0 Å². The quantitative estimate of drug-likeness (QED) is 0.493. The van der Waals surface area contributed by atoms with E-state index in [4.69, 9.17) is 10.8 Å². The van der Waals surface area contributed by atoms with Crippen LogP contribution in [0.4, 0.5) is 0 Å².